The number of nitrogens with one attached hydrogen (secondary N) is 1. The standard InChI is InChI=1S/C11H17F3N2/c1-7-8(2)16(9-5-3-4-6-9)15-10(7)11(12,13)14/h9-10,15H,3-6H2,1-2H3. The first-order valence-electron chi connectivity index (χ1n) is 5.70. The molecule has 0 aromatic heterocycles. The smallest absolute Gasteiger partial charge is 0.309 e. The number of halogens is 3. The highest BCUT2D eigenvalue weighted by Crippen LogP contribution is 2.35. The lowest BCUT2D eigenvalue weighted by molar-refractivity contribution is -0.153. The zero-order valence-corrected chi connectivity index (χ0v) is 9.56. The van der Waals surface area contributed by atoms with Crippen LogP contribution in [-0.4, -0.2) is 23.3 Å². The van der Waals surface area contributed by atoms with Gasteiger partial charge in [-0.2, -0.15) is 13.2 Å². The molecule has 1 heterocycles. The van der Waals surface area contributed by atoms with Crippen LogP contribution in [0.3, 0.4) is 0 Å². The Balaban J connectivity index is 2.15. The van der Waals surface area contributed by atoms with E-state index < -0.39 is 12.2 Å². The second-order valence-corrected chi connectivity index (χ2v) is 4.68. The summed E-state index contributed by atoms with van der Waals surface area (Å²) in [6.45, 7) is 3.34. The van der Waals surface area contributed by atoms with Crippen LogP contribution < -0.4 is 5.43 Å². The van der Waals surface area contributed by atoms with Gasteiger partial charge in [0.25, 0.3) is 0 Å². The predicted octanol–water partition coefficient (Wildman–Crippen LogP) is 2.97. The molecule has 0 aromatic carbocycles. The zero-order valence-electron chi connectivity index (χ0n) is 9.56. The SMILES string of the molecule is CC1=C(C)N(C2CCCC2)NC1C(F)(F)F. The molecule has 2 rings (SSSR count). The predicted molar refractivity (Wildman–Crippen MR) is 55.4 cm³/mol. The Morgan fingerprint density at radius 1 is 1.19 bits per heavy atom. The van der Waals surface area contributed by atoms with E-state index in [0.717, 1.165) is 31.4 Å². The summed E-state index contributed by atoms with van der Waals surface area (Å²) in [7, 11) is 0. The fourth-order valence-corrected chi connectivity index (χ4v) is 2.59. The summed E-state index contributed by atoms with van der Waals surface area (Å²) in [5.41, 5.74) is 3.75. The van der Waals surface area contributed by atoms with E-state index in [-0.39, 0.29) is 6.04 Å². The van der Waals surface area contributed by atoms with E-state index >= 15 is 0 Å². The van der Waals surface area contributed by atoms with Crippen LogP contribution in [-0.2, 0) is 0 Å². The van der Waals surface area contributed by atoms with Gasteiger partial charge in [0.1, 0.15) is 6.04 Å². The molecule has 0 bridgehead atoms. The number of hydrogen-bond donors (Lipinski definition) is 1. The Kier molecular flexibility index (Phi) is 2.90. The molecule has 1 atom stereocenters. The number of hydrogen-bond acceptors (Lipinski definition) is 2. The van der Waals surface area contributed by atoms with Crippen LogP contribution in [0, 0.1) is 0 Å². The van der Waals surface area contributed by atoms with Crippen LogP contribution in [0.25, 0.3) is 0 Å². The second-order valence-electron chi connectivity index (χ2n) is 4.68. The highest BCUT2D eigenvalue weighted by atomic mass is 19.4. The molecule has 5 heteroatoms. The molecule has 1 fully saturated rings. The van der Waals surface area contributed by atoms with E-state index in [1.54, 1.807) is 18.9 Å². The maximum atomic E-state index is 12.7. The minimum atomic E-state index is -4.20. The van der Waals surface area contributed by atoms with Crippen molar-refractivity contribution in [3.05, 3.63) is 11.3 Å². The number of rotatable bonds is 1. The molecule has 2 nitrogen and oxygen atoms in total. The van der Waals surface area contributed by atoms with Crippen molar-refractivity contribution in [2.75, 3.05) is 0 Å². The molecule has 92 valence electrons. The van der Waals surface area contributed by atoms with E-state index in [4.69, 9.17) is 0 Å². The fraction of sp³-hybridized carbons (Fsp3) is 0.818. The maximum absolute atomic E-state index is 12.7. The Morgan fingerprint density at radius 2 is 1.75 bits per heavy atom. The summed E-state index contributed by atoms with van der Waals surface area (Å²) in [6.07, 6.45) is 0.0147. The Bertz CT molecular complexity index is 303. The number of nitrogens with zero attached hydrogens (tertiary/aromatic N) is 1. The van der Waals surface area contributed by atoms with Gasteiger partial charge in [-0.15, -0.1) is 0 Å². The minimum Gasteiger partial charge on any atom is -0.309 e. The van der Waals surface area contributed by atoms with Crippen molar-refractivity contribution in [1.29, 1.82) is 0 Å². The maximum Gasteiger partial charge on any atom is 0.409 e. The second kappa shape index (κ2) is 3.95. The third-order valence-electron chi connectivity index (χ3n) is 3.65. The molecule has 2 aliphatic rings. The third-order valence-corrected chi connectivity index (χ3v) is 3.65. The Morgan fingerprint density at radius 3 is 2.19 bits per heavy atom. The van der Waals surface area contributed by atoms with Gasteiger partial charge in [-0.3, -0.25) is 0 Å². The molecule has 1 aliphatic heterocycles. The van der Waals surface area contributed by atoms with Crippen LogP contribution in [0.1, 0.15) is 39.5 Å². The topological polar surface area (TPSA) is 15.3 Å². The summed E-state index contributed by atoms with van der Waals surface area (Å²) in [5, 5.41) is 1.74. The van der Waals surface area contributed by atoms with Crippen LogP contribution in [0.5, 0.6) is 0 Å². The van der Waals surface area contributed by atoms with Crippen molar-refractivity contribution in [1.82, 2.24) is 10.4 Å². The van der Waals surface area contributed by atoms with E-state index in [2.05, 4.69) is 5.43 Å². The molecular weight excluding hydrogens is 217 g/mol. The van der Waals surface area contributed by atoms with Gasteiger partial charge in [-0.1, -0.05) is 12.8 Å². The molecule has 1 aliphatic carbocycles. The molecule has 0 spiro atoms. The van der Waals surface area contributed by atoms with Gasteiger partial charge >= 0.3 is 6.18 Å². The number of allylic oxidation sites excluding steroid dienone is 1. The van der Waals surface area contributed by atoms with E-state index in [1.807, 2.05) is 0 Å². The van der Waals surface area contributed by atoms with Gasteiger partial charge in [0.15, 0.2) is 0 Å². The lowest BCUT2D eigenvalue weighted by Crippen LogP contribution is -2.48. The van der Waals surface area contributed by atoms with Crippen molar-refractivity contribution in [3.63, 3.8) is 0 Å². The van der Waals surface area contributed by atoms with Crippen molar-refractivity contribution in [2.24, 2.45) is 0 Å². The van der Waals surface area contributed by atoms with Crippen molar-refractivity contribution >= 4 is 0 Å². The minimum absolute atomic E-state index is 0.238. The quantitative estimate of drug-likeness (QED) is 0.750. The van der Waals surface area contributed by atoms with Gasteiger partial charge in [0, 0.05) is 11.7 Å². The lowest BCUT2D eigenvalue weighted by atomic mass is 10.1. The molecule has 1 unspecified atom stereocenters. The number of hydrazine groups is 1. The van der Waals surface area contributed by atoms with Gasteiger partial charge < -0.3 is 5.01 Å². The molecule has 0 amide bonds. The molecule has 0 radical (unpaired) electrons. The van der Waals surface area contributed by atoms with E-state index in [0.29, 0.717) is 5.57 Å². The highest BCUT2D eigenvalue weighted by molar-refractivity contribution is 5.23. The van der Waals surface area contributed by atoms with Crippen LogP contribution in [0.2, 0.25) is 0 Å². The van der Waals surface area contributed by atoms with Crippen molar-refractivity contribution in [3.8, 4) is 0 Å². The molecular formula is C11H17F3N2. The van der Waals surface area contributed by atoms with Crippen molar-refractivity contribution in [2.45, 2.75) is 57.8 Å². The first kappa shape index (κ1) is 11.8. The molecule has 1 N–H and O–H groups in total. The van der Waals surface area contributed by atoms with E-state index in [9.17, 15) is 13.2 Å². The summed E-state index contributed by atoms with van der Waals surface area (Å²) >= 11 is 0. The van der Waals surface area contributed by atoms with Gasteiger partial charge in [-0.05, 0) is 32.3 Å². The lowest BCUT2D eigenvalue weighted by Gasteiger charge is -2.29. The van der Waals surface area contributed by atoms with Gasteiger partial charge in [0.05, 0.1) is 0 Å². The average Bonchev–Trinajstić information content (AvgIpc) is 2.75. The summed E-state index contributed by atoms with van der Waals surface area (Å²) < 4.78 is 38.2. The summed E-state index contributed by atoms with van der Waals surface area (Å²) in [6, 6.07) is -1.25. The molecule has 16 heavy (non-hydrogen) atoms. The van der Waals surface area contributed by atoms with Crippen LogP contribution in [0.15, 0.2) is 11.3 Å². The van der Waals surface area contributed by atoms with Gasteiger partial charge in [-0.25, -0.2) is 5.43 Å². The highest BCUT2D eigenvalue weighted by Gasteiger charge is 2.47. The van der Waals surface area contributed by atoms with Crippen LogP contribution in [0.4, 0.5) is 13.2 Å². The zero-order chi connectivity index (χ0) is 11.9. The Labute approximate surface area is 93.5 Å². The van der Waals surface area contributed by atoms with Crippen LogP contribution >= 0.6 is 0 Å². The number of alkyl halides is 3. The van der Waals surface area contributed by atoms with E-state index in [1.165, 1.54) is 0 Å². The fourth-order valence-electron chi connectivity index (χ4n) is 2.59. The summed E-state index contributed by atoms with van der Waals surface area (Å²) in [5.74, 6) is 0. The first-order valence-corrected chi connectivity index (χ1v) is 5.70. The monoisotopic (exact) mass is 234 g/mol. The normalized spacial score (nSPS) is 28.3. The first-order chi connectivity index (χ1) is 7.41. The summed E-state index contributed by atoms with van der Waals surface area (Å²) in [4.78, 5) is 0. The largest absolute Gasteiger partial charge is 0.409 e. The molecule has 0 aromatic rings. The molecule has 0 saturated heterocycles. The molecule has 1 saturated carbocycles. The average molecular weight is 234 g/mol. The van der Waals surface area contributed by atoms with Gasteiger partial charge in [0.2, 0.25) is 0 Å². The Hall–Kier alpha value is -0.710. The van der Waals surface area contributed by atoms with Crippen molar-refractivity contribution < 1.29 is 13.2 Å². The third kappa shape index (κ3) is 1.93.